The standard InChI is InChI=1S/C14H20FNO2/c1-3-16-14(13-5-4-8-18-13)11-9-10(15)6-7-12(11)17-2/h6-7,9,13-14,16H,3-5,8H2,1-2H3. The summed E-state index contributed by atoms with van der Waals surface area (Å²) in [5.41, 5.74) is 0.839. The number of ether oxygens (including phenoxy) is 2. The minimum atomic E-state index is -0.244. The Morgan fingerprint density at radius 2 is 2.39 bits per heavy atom. The molecule has 1 aromatic rings. The van der Waals surface area contributed by atoms with Crippen molar-refractivity contribution in [2.75, 3.05) is 20.3 Å². The van der Waals surface area contributed by atoms with Gasteiger partial charge in [0.25, 0.3) is 0 Å². The first-order valence-electron chi connectivity index (χ1n) is 6.44. The first-order valence-corrected chi connectivity index (χ1v) is 6.44. The van der Waals surface area contributed by atoms with Crippen molar-refractivity contribution in [1.29, 1.82) is 0 Å². The van der Waals surface area contributed by atoms with Gasteiger partial charge in [-0.05, 0) is 37.6 Å². The zero-order valence-corrected chi connectivity index (χ0v) is 10.9. The molecule has 0 saturated carbocycles. The molecule has 0 amide bonds. The fourth-order valence-electron chi connectivity index (χ4n) is 2.48. The average Bonchev–Trinajstić information content (AvgIpc) is 2.89. The summed E-state index contributed by atoms with van der Waals surface area (Å²) in [6.45, 7) is 3.63. The van der Waals surface area contributed by atoms with Crippen molar-refractivity contribution in [2.24, 2.45) is 0 Å². The number of nitrogens with one attached hydrogen (secondary N) is 1. The summed E-state index contributed by atoms with van der Waals surface area (Å²) in [6, 6.07) is 4.61. The molecule has 3 nitrogen and oxygen atoms in total. The van der Waals surface area contributed by atoms with Crippen molar-refractivity contribution >= 4 is 0 Å². The molecular formula is C14H20FNO2. The van der Waals surface area contributed by atoms with Crippen molar-refractivity contribution < 1.29 is 13.9 Å². The number of halogens is 1. The average molecular weight is 253 g/mol. The first kappa shape index (κ1) is 13.3. The van der Waals surface area contributed by atoms with Gasteiger partial charge in [-0.3, -0.25) is 0 Å². The SMILES string of the molecule is CCNC(c1cc(F)ccc1OC)C1CCCO1. The highest BCUT2D eigenvalue weighted by atomic mass is 19.1. The molecule has 1 heterocycles. The van der Waals surface area contributed by atoms with Gasteiger partial charge < -0.3 is 14.8 Å². The lowest BCUT2D eigenvalue weighted by atomic mass is 9.98. The third-order valence-electron chi connectivity index (χ3n) is 3.29. The zero-order chi connectivity index (χ0) is 13.0. The van der Waals surface area contributed by atoms with Gasteiger partial charge in [0.15, 0.2) is 0 Å². The van der Waals surface area contributed by atoms with Gasteiger partial charge in [-0.25, -0.2) is 4.39 Å². The second-order valence-corrected chi connectivity index (χ2v) is 4.47. The second kappa shape index (κ2) is 6.16. The van der Waals surface area contributed by atoms with E-state index in [4.69, 9.17) is 9.47 Å². The molecule has 0 aromatic heterocycles. The predicted octanol–water partition coefficient (Wildman–Crippen LogP) is 2.66. The topological polar surface area (TPSA) is 30.5 Å². The fourth-order valence-corrected chi connectivity index (χ4v) is 2.48. The van der Waals surface area contributed by atoms with Crippen LogP contribution in [-0.2, 0) is 4.74 Å². The van der Waals surface area contributed by atoms with E-state index in [-0.39, 0.29) is 18.0 Å². The van der Waals surface area contributed by atoms with Gasteiger partial charge in [-0.15, -0.1) is 0 Å². The van der Waals surface area contributed by atoms with E-state index in [9.17, 15) is 4.39 Å². The van der Waals surface area contributed by atoms with Crippen molar-refractivity contribution in [3.8, 4) is 5.75 Å². The van der Waals surface area contributed by atoms with Crippen LogP contribution >= 0.6 is 0 Å². The molecule has 4 heteroatoms. The molecule has 0 spiro atoms. The van der Waals surface area contributed by atoms with Crippen LogP contribution in [0.5, 0.6) is 5.75 Å². The van der Waals surface area contributed by atoms with Crippen molar-refractivity contribution in [2.45, 2.75) is 31.9 Å². The largest absolute Gasteiger partial charge is 0.496 e. The lowest BCUT2D eigenvalue weighted by Gasteiger charge is -2.25. The van der Waals surface area contributed by atoms with Crippen LogP contribution in [0, 0.1) is 5.82 Å². The van der Waals surface area contributed by atoms with E-state index in [0.29, 0.717) is 5.75 Å². The fraction of sp³-hybridized carbons (Fsp3) is 0.571. The lowest BCUT2D eigenvalue weighted by molar-refractivity contribution is 0.0779. The Balaban J connectivity index is 2.31. The Bertz CT molecular complexity index is 391. The normalized spacial score (nSPS) is 20.9. The van der Waals surface area contributed by atoms with Gasteiger partial charge in [0.2, 0.25) is 0 Å². The molecule has 1 N–H and O–H groups in total. The van der Waals surface area contributed by atoms with Gasteiger partial charge in [0, 0.05) is 12.2 Å². The number of hydrogen-bond acceptors (Lipinski definition) is 3. The van der Waals surface area contributed by atoms with Crippen molar-refractivity contribution in [3.05, 3.63) is 29.6 Å². The molecule has 1 aliphatic heterocycles. The maximum atomic E-state index is 13.4. The summed E-state index contributed by atoms with van der Waals surface area (Å²) in [4.78, 5) is 0. The molecule has 2 unspecified atom stereocenters. The van der Waals surface area contributed by atoms with Crippen molar-refractivity contribution in [1.82, 2.24) is 5.32 Å². The Hall–Kier alpha value is -1.13. The maximum absolute atomic E-state index is 13.4. The molecular weight excluding hydrogens is 233 g/mol. The smallest absolute Gasteiger partial charge is 0.123 e. The Morgan fingerprint density at radius 3 is 3.00 bits per heavy atom. The number of hydrogen-bond donors (Lipinski definition) is 1. The van der Waals surface area contributed by atoms with Crippen LogP contribution < -0.4 is 10.1 Å². The minimum Gasteiger partial charge on any atom is -0.496 e. The molecule has 100 valence electrons. The van der Waals surface area contributed by atoms with E-state index in [2.05, 4.69) is 5.32 Å². The molecule has 1 fully saturated rings. The van der Waals surface area contributed by atoms with E-state index < -0.39 is 0 Å². The third-order valence-corrected chi connectivity index (χ3v) is 3.29. The monoisotopic (exact) mass is 253 g/mol. The van der Waals surface area contributed by atoms with Crippen LogP contribution in [0.3, 0.4) is 0 Å². The molecule has 1 aromatic carbocycles. The molecule has 2 rings (SSSR count). The summed E-state index contributed by atoms with van der Waals surface area (Å²) in [5.74, 6) is 0.463. The summed E-state index contributed by atoms with van der Waals surface area (Å²) < 4.78 is 24.5. The van der Waals surface area contributed by atoms with Gasteiger partial charge in [-0.1, -0.05) is 6.92 Å². The Kier molecular flexibility index (Phi) is 4.55. The van der Waals surface area contributed by atoms with Crippen LogP contribution in [0.2, 0.25) is 0 Å². The molecule has 0 aliphatic carbocycles. The van der Waals surface area contributed by atoms with E-state index in [1.54, 1.807) is 13.2 Å². The van der Waals surface area contributed by atoms with E-state index >= 15 is 0 Å². The van der Waals surface area contributed by atoms with E-state index in [1.165, 1.54) is 12.1 Å². The van der Waals surface area contributed by atoms with Crippen LogP contribution in [-0.4, -0.2) is 26.4 Å². The number of benzene rings is 1. The Labute approximate surface area is 107 Å². The first-order chi connectivity index (χ1) is 8.76. The number of likely N-dealkylation sites (N-methyl/N-ethyl adjacent to an activating group) is 1. The van der Waals surface area contributed by atoms with Crippen LogP contribution in [0.1, 0.15) is 31.4 Å². The molecule has 1 saturated heterocycles. The van der Waals surface area contributed by atoms with Crippen molar-refractivity contribution in [3.63, 3.8) is 0 Å². The molecule has 2 atom stereocenters. The van der Waals surface area contributed by atoms with Crippen LogP contribution in [0.15, 0.2) is 18.2 Å². The number of rotatable bonds is 5. The summed E-state index contributed by atoms with van der Waals surface area (Å²) in [7, 11) is 1.61. The third kappa shape index (κ3) is 2.82. The predicted molar refractivity (Wildman–Crippen MR) is 68.3 cm³/mol. The summed E-state index contributed by atoms with van der Waals surface area (Å²) in [6.07, 6.45) is 2.15. The van der Waals surface area contributed by atoms with Gasteiger partial charge >= 0.3 is 0 Å². The highest BCUT2D eigenvalue weighted by molar-refractivity contribution is 5.37. The molecule has 1 aliphatic rings. The van der Waals surface area contributed by atoms with Crippen LogP contribution in [0.25, 0.3) is 0 Å². The zero-order valence-electron chi connectivity index (χ0n) is 10.9. The highest BCUT2D eigenvalue weighted by Gasteiger charge is 2.29. The number of methoxy groups -OCH3 is 1. The second-order valence-electron chi connectivity index (χ2n) is 4.47. The quantitative estimate of drug-likeness (QED) is 0.875. The molecule has 0 radical (unpaired) electrons. The molecule has 18 heavy (non-hydrogen) atoms. The van der Waals surface area contributed by atoms with E-state index in [1.807, 2.05) is 6.92 Å². The van der Waals surface area contributed by atoms with Crippen LogP contribution in [0.4, 0.5) is 4.39 Å². The van der Waals surface area contributed by atoms with Gasteiger partial charge in [-0.2, -0.15) is 0 Å². The molecule has 0 bridgehead atoms. The highest BCUT2D eigenvalue weighted by Crippen LogP contribution is 2.33. The van der Waals surface area contributed by atoms with Gasteiger partial charge in [0.05, 0.1) is 19.3 Å². The van der Waals surface area contributed by atoms with Gasteiger partial charge in [0.1, 0.15) is 11.6 Å². The summed E-state index contributed by atoms with van der Waals surface area (Å²) >= 11 is 0. The summed E-state index contributed by atoms with van der Waals surface area (Å²) in [5, 5.41) is 3.37. The van der Waals surface area contributed by atoms with E-state index in [0.717, 1.165) is 31.6 Å². The Morgan fingerprint density at radius 1 is 1.56 bits per heavy atom. The maximum Gasteiger partial charge on any atom is 0.123 e. The lowest BCUT2D eigenvalue weighted by Crippen LogP contribution is -2.32. The minimum absolute atomic E-state index is 0.0110.